The second-order valence-electron chi connectivity index (χ2n) is 5.67. The van der Waals surface area contributed by atoms with Gasteiger partial charge in [-0.15, -0.1) is 0 Å². The molecular formula is C14H20N4O2. The predicted molar refractivity (Wildman–Crippen MR) is 77.3 cm³/mol. The standard InChI is InChI=1S/C14H20N4O2/c1-14(2,3)20-13(19)18-8-10(15)9-6-12-11(17-7-9)4-5-16-12/h4-7,10,16H,8,15H2,1-3H3,(H,18,19)/t10-/m0/s1. The summed E-state index contributed by atoms with van der Waals surface area (Å²) in [5, 5.41) is 2.66. The number of nitrogens with zero attached hydrogens (tertiary/aromatic N) is 1. The van der Waals surface area contributed by atoms with E-state index in [0.717, 1.165) is 16.6 Å². The fourth-order valence-corrected chi connectivity index (χ4v) is 1.78. The summed E-state index contributed by atoms with van der Waals surface area (Å²) in [5.74, 6) is 0. The molecule has 0 aliphatic heterocycles. The molecule has 0 bridgehead atoms. The Morgan fingerprint density at radius 2 is 2.30 bits per heavy atom. The summed E-state index contributed by atoms with van der Waals surface area (Å²) in [6.45, 7) is 5.74. The average Bonchev–Trinajstić information content (AvgIpc) is 2.80. The first-order valence-corrected chi connectivity index (χ1v) is 6.50. The lowest BCUT2D eigenvalue weighted by atomic mass is 10.1. The summed E-state index contributed by atoms with van der Waals surface area (Å²) in [7, 11) is 0. The van der Waals surface area contributed by atoms with Crippen LogP contribution < -0.4 is 11.1 Å². The zero-order valence-corrected chi connectivity index (χ0v) is 11.9. The fraction of sp³-hybridized carbons (Fsp3) is 0.429. The smallest absolute Gasteiger partial charge is 0.407 e. The Labute approximate surface area is 117 Å². The van der Waals surface area contributed by atoms with E-state index in [1.165, 1.54) is 0 Å². The van der Waals surface area contributed by atoms with Crippen LogP contribution in [-0.4, -0.2) is 28.2 Å². The zero-order chi connectivity index (χ0) is 14.8. The van der Waals surface area contributed by atoms with Crippen LogP contribution in [0.3, 0.4) is 0 Å². The highest BCUT2D eigenvalue weighted by Gasteiger charge is 2.17. The van der Waals surface area contributed by atoms with E-state index in [-0.39, 0.29) is 6.04 Å². The Morgan fingerprint density at radius 1 is 1.55 bits per heavy atom. The van der Waals surface area contributed by atoms with Crippen molar-refractivity contribution in [2.24, 2.45) is 5.73 Å². The number of pyridine rings is 1. The highest BCUT2D eigenvalue weighted by molar-refractivity contribution is 5.75. The summed E-state index contributed by atoms with van der Waals surface area (Å²) >= 11 is 0. The lowest BCUT2D eigenvalue weighted by Gasteiger charge is -2.20. The number of nitrogens with one attached hydrogen (secondary N) is 2. The molecule has 0 radical (unpaired) electrons. The number of fused-ring (bicyclic) bond motifs is 1. The van der Waals surface area contributed by atoms with Crippen LogP contribution in [0.4, 0.5) is 4.79 Å². The molecule has 2 aromatic rings. The van der Waals surface area contributed by atoms with Crippen LogP contribution >= 0.6 is 0 Å². The maximum atomic E-state index is 11.6. The summed E-state index contributed by atoms with van der Waals surface area (Å²) in [5.41, 5.74) is 8.20. The number of aromatic nitrogens is 2. The molecule has 0 fully saturated rings. The SMILES string of the molecule is CC(C)(C)OC(=O)NC[C@H](N)c1cnc2cc[nH]c2c1. The van der Waals surface area contributed by atoms with Crippen molar-refractivity contribution in [2.75, 3.05) is 6.54 Å². The normalized spacial score (nSPS) is 13.2. The highest BCUT2D eigenvalue weighted by atomic mass is 16.6. The van der Waals surface area contributed by atoms with E-state index in [9.17, 15) is 4.79 Å². The van der Waals surface area contributed by atoms with Crippen LogP contribution in [0.15, 0.2) is 24.5 Å². The third kappa shape index (κ3) is 3.71. The summed E-state index contributed by atoms with van der Waals surface area (Å²) in [6, 6.07) is 3.50. The van der Waals surface area contributed by atoms with E-state index in [0.29, 0.717) is 6.54 Å². The Hall–Kier alpha value is -2.08. The van der Waals surface area contributed by atoms with Crippen LogP contribution in [0.25, 0.3) is 11.0 Å². The van der Waals surface area contributed by atoms with Crippen molar-refractivity contribution in [2.45, 2.75) is 32.4 Å². The summed E-state index contributed by atoms with van der Waals surface area (Å²) < 4.78 is 5.15. The van der Waals surface area contributed by atoms with Gasteiger partial charge < -0.3 is 20.8 Å². The van der Waals surface area contributed by atoms with Crippen LogP contribution in [0.2, 0.25) is 0 Å². The van der Waals surface area contributed by atoms with Crippen LogP contribution in [0, 0.1) is 0 Å². The molecule has 2 aromatic heterocycles. The first kappa shape index (κ1) is 14.3. The van der Waals surface area contributed by atoms with Crippen molar-refractivity contribution in [1.29, 1.82) is 0 Å². The van der Waals surface area contributed by atoms with Crippen molar-refractivity contribution >= 4 is 17.1 Å². The van der Waals surface area contributed by atoms with Gasteiger partial charge in [0, 0.05) is 25.0 Å². The molecule has 1 amide bonds. The molecule has 0 aromatic carbocycles. The Balaban J connectivity index is 1.94. The van der Waals surface area contributed by atoms with Gasteiger partial charge in [-0.25, -0.2) is 4.79 Å². The number of carbonyl (C=O) groups is 1. The Kier molecular flexibility index (Phi) is 3.94. The number of nitrogens with two attached hydrogens (primary N) is 1. The lowest BCUT2D eigenvalue weighted by molar-refractivity contribution is 0.0524. The Bertz CT molecular complexity index is 600. The third-order valence-electron chi connectivity index (χ3n) is 2.71. The van der Waals surface area contributed by atoms with E-state index < -0.39 is 11.7 Å². The minimum absolute atomic E-state index is 0.294. The molecule has 1 atom stereocenters. The number of alkyl carbamates (subject to hydrolysis) is 1. The summed E-state index contributed by atoms with van der Waals surface area (Å²) in [6.07, 6.45) is 3.07. The van der Waals surface area contributed by atoms with Gasteiger partial charge in [-0.05, 0) is 38.5 Å². The van der Waals surface area contributed by atoms with Crippen molar-refractivity contribution in [3.05, 3.63) is 30.1 Å². The molecular weight excluding hydrogens is 256 g/mol. The minimum atomic E-state index is -0.515. The van der Waals surface area contributed by atoms with E-state index in [1.54, 1.807) is 6.20 Å². The van der Waals surface area contributed by atoms with E-state index in [1.807, 2.05) is 39.1 Å². The molecule has 6 heteroatoms. The fourth-order valence-electron chi connectivity index (χ4n) is 1.78. The zero-order valence-electron chi connectivity index (χ0n) is 11.9. The molecule has 2 rings (SSSR count). The quantitative estimate of drug-likeness (QED) is 0.800. The number of aromatic amines is 1. The average molecular weight is 276 g/mol. The number of carbonyl (C=O) groups excluding carboxylic acids is 1. The van der Waals surface area contributed by atoms with Crippen LogP contribution in [0.5, 0.6) is 0 Å². The van der Waals surface area contributed by atoms with Crippen molar-refractivity contribution in [3.8, 4) is 0 Å². The van der Waals surface area contributed by atoms with E-state index >= 15 is 0 Å². The van der Waals surface area contributed by atoms with E-state index in [2.05, 4.69) is 15.3 Å². The molecule has 20 heavy (non-hydrogen) atoms. The van der Waals surface area contributed by atoms with Gasteiger partial charge in [-0.3, -0.25) is 4.98 Å². The van der Waals surface area contributed by atoms with Crippen molar-refractivity contribution in [3.63, 3.8) is 0 Å². The molecule has 2 heterocycles. The van der Waals surface area contributed by atoms with Crippen molar-refractivity contribution < 1.29 is 9.53 Å². The van der Waals surface area contributed by atoms with Gasteiger partial charge >= 0.3 is 6.09 Å². The minimum Gasteiger partial charge on any atom is -0.444 e. The number of rotatable bonds is 3. The molecule has 0 spiro atoms. The molecule has 4 N–H and O–H groups in total. The second-order valence-corrected chi connectivity index (χ2v) is 5.67. The van der Waals surface area contributed by atoms with E-state index in [4.69, 9.17) is 10.5 Å². The van der Waals surface area contributed by atoms with Gasteiger partial charge in [-0.1, -0.05) is 0 Å². The molecule has 0 saturated carbocycles. The summed E-state index contributed by atoms with van der Waals surface area (Å²) in [4.78, 5) is 18.9. The number of ether oxygens (including phenoxy) is 1. The van der Waals surface area contributed by atoms with Gasteiger partial charge in [0.1, 0.15) is 5.60 Å². The van der Waals surface area contributed by atoms with Crippen molar-refractivity contribution in [1.82, 2.24) is 15.3 Å². The maximum absolute atomic E-state index is 11.6. The Morgan fingerprint density at radius 3 is 3.00 bits per heavy atom. The maximum Gasteiger partial charge on any atom is 0.407 e. The monoisotopic (exact) mass is 276 g/mol. The van der Waals surface area contributed by atoms with Gasteiger partial charge in [0.2, 0.25) is 0 Å². The molecule has 108 valence electrons. The molecule has 0 aliphatic carbocycles. The van der Waals surface area contributed by atoms with Gasteiger partial charge in [-0.2, -0.15) is 0 Å². The van der Waals surface area contributed by atoms with Gasteiger partial charge in [0.15, 0.2) is 0 Å². The molecule has 6 nitrogen and oxygen atoms in total. The number of hydrogen-bond acceptors (Lipinski definition) is 4. The lowest BCUT2D eigenvalue weighted by Crippen LogP contribution is -2.36. The van der Waals surface area contributed by atoms with Gasteiger partial charge in [0.05, 0.1) is 11.0 Å². The number of hydrogen-bond donors (Lipinski definition) is 3. The predicted octanol–water partition coefficient (Wildman–Crippen LogP) is 2.09. The highest BCUT2D eigenvalue weighted by Crippen LogP contribution is 2.15. The van der Waals surface area contributed by atoms with Crippen LogP contribution in [-0.2, 0) is 4.74 Å². The molecule has 0 unspecified atom stereocenters. The topological polar surface area (TPSA) is 93.0 Å². The number of amides is 1. The first-order chi connectivity index (χ1) is 9.35. The third-order valence-corrected chi connectivity index (χ3v) is 2.71. The molecule has 0 saturated heterocycles. The first-order valence-electron chi connectivity index (χ1n) is 6.50. The van der Waals surface area contributed by atoms with Gasteiger partial charge in [0.25, 0.3) is 0 Å². The second kappa shape index (κ2) is 5.50. The van der Waals surface area contributed by atoms with Crippen LogP contribution in [0.1, 0.15) is 32.4 Å². The molecule has 0 aliphatic rings. The largest absolute Gasteiger partial charge is 0.444 e. The number of H-pyrrole nitrogens is 1.